The third kappa shape index (κ3) is 5.33. The lowest BCUT2D eigenvalue weighted by Crippen LogP contribution is -2.27. The van der Waals surface area contributed by atoms with Crippen LogP contribution in [0.2, 0.25) is 0 Å². The molecule has 0 saturated carbocycles. The van der Waals surface area contributed by atoms with Gasteiger partial charge in [0.1, 0.15) is 6.23 Å². The summed E-state index contributed by atoms with van der Waals surface area (Å²) in [5.74, 6) is 0. The fourth-order valence-corrected chi connectivity index (χ4v) is 0.415. The Morgan fingerprint density at radius 3 is 2.90 bits per heavy atom. The minimum atomic E-state index is -0.816. The lowest BCUT2D eigenvalue weighted by Gasteiger charge is -2.07. The molecule has 0 aromatic carbocycles. The van der Waals surface area contributed by atoms with Gasteiger partial charge in [0.25, 0.3) is 0 Å². The zero-order valence-corrected chi connectivity index (χ0v) is 5.83. The summed E-state index contributed by atoms with van der Waals surface area (Å²) in [4.78, 5) is 9.97. The van der Waals surface area contributed by atoms with E-state index in [1.54, 1.807) is 7.05 Å². The summed E-state index contributed by atoms with van der Waals surface area (Å²) in [6.45, 7) is 0.136. The number of amides is 1. The zero-order chi connectivity index (χ0) is 7.98. The molecule has 10 heavy (non-hydrogen) atoms. The fourth-order valence-electron chi connectivity index (χ4n) is 0.415. The number of hydrogen-bond acceptors (Lipinski definition) is 4. The lowest BCUT2D eigenvalue weighted by atomic mass is 10.4. The van der Waals surface area contributed by atoms with Gasteiger partial charge in [-0.2, -0.15) is 0 Å². The predicted octanol–water partition coefficient (Wildman–Crippen LogP) is -0.990. The van der Waals surface area contributed by atoms with Gasteiger partial charge in [-0.1, -0.05) is 0 Å². The van der Waals surface area contributed by atoms with Gasteiger partial charge in [0, 0.05) is 6.42 Å². The third-order valence-corrected chi connectivity index (χ3v) is 0.969. The van der Waals surface area contributed by atoms with Gasteiger partial charge in [-0.3, -0.25) is 5.32 Å². The van der Waals surface area contributed by atoms with Crippen molar-refractivity contribution in [2.75, 3.05) is 13.7 Å². The van der Waals surface area contributed by atoms with Gasteiger partial charge in [-0.05, 0) is 7.05 Å². The van der Waals surface area contributed by atoms with Gasteiger partial charge in [0.15, 0.2) is 0 Å². The Labute approximate surface area is 59.2 Å². The molecule has 0 spiro atoms. The van der Waals surface area contributed by atoms with E-state index in [9.17, 15) is 4.79 Å². The molecule has 0 rings (SSSR count). The molecule has 0 saturated heterocycles. The molecule has 0 fully saturated rings. The maximum absolute atomic E-state index is 9.97. The Morgan fingerprint density at radius 1 is 1.90 bits per heavy atom. The van der Waals surface area contributed by atoms with Crippen molar-refractivity contribution in [2.24, 2.45) is 5.73 Å². The first-order chi connectivity index (χ1) is 4.66. The summed E-state index contributed by atoms with van der Waals surface area (Å²) in [7, 11) is 1.61. The molecule has 4 N–H and O–H groups in total. The lowest BCUT2D eigenvalue weighted by molar-refractivity contribution is 0.0955. The number of primary amides is 1. The van der Waals surface area contributed by atoms with Gasteiger partial charge in [-0.25, -0.2) is 4.79 Å². The number of carbonyl (C=O) groups is 1. The van der Waals surface area contributed by atoms with Crippen LogP contribution in [0.5, 0.6) is 0 Å². The first kappa shape index (κ1) is 9.19. The minimum Gasteiger partial charge on any atom is -0.450 e. The number of rotatable bonds is 4. The summed E-state index contributed by atoms with van der Waals surface area (Å²) in [6, 6.07) is 0. The second kappa shape index (κ2) is 5.01. The average molecular weight is 148 g/mol. The molecular formula is C5H12N2O3. The Kier molecular flexibility index (Phi) is 4.61. The van der Waals surface area contributed by atoms with Gasteiger partial charge in [0.2, 0.25) is 0 Å². The standard InChI is InChI=1S/C5H12N2O3/c1-7-4(8)2-3-10-5(6)9/h4,7-8H,2-3H2,1H3,(H2,6,9). The summed E-state index contributed by atoms with van der Waals surface area (Å²) in [6.07, 6.45) is -1.11. The highest BCUT2D eigenvalue weighted by Crippen LogP contribution is 1.86. The zero-order valence-electron chi connectivity index (χ0n) is 5.83. The van der Waals surface area contributed by atoms with Crippen LogP contribution in [-0.2, 0) is 4.74 Å². The van der Waals surface area contributed by atoms with Crippen LogP contribution in [0.25, 0.3) is 0 Å². The second-order valence-corrected chi connectivity index (χ2v) is 1.76. The maximum Gasteiger partial charge on any atom is 0.404 e. The maximum atomic E-state index is 9.97. The topological polar surface area (TPSA) is 84.6 Å². The Hall–Kier alpha value is -0.810. The molecule has 0 aliphatic carbocycles. The van der Waals surface area contributed by atoms with Crippen molar-refractivity contribution >= 4 is 6.09 Å². The number of aliphatic hydroxyl groups is 1. The minimum absolute atomic E-state index is 0.136. The van der Waals surface area contributed by atoms with Crippen LogP contribution < -0.4 is 11.1 Å². The van der Waals surface area contributed by atoms with Crippen LogP contribution in [0.4, 0.5) is 4.79 Å². The number of nitrogens with two attached hydrogens (primary N) is 1. The molecule has 1 unspecified atom stereocenters. The molecule has 0 aliphatic rings. The molecule has 0 aromatic rings. The van der Waals surface area contributed by atoms with Crippen LogP contribution in [0.1, 0.15) is 6.42 Å². The Morgan fingerprint density at radius 2 is 2.50 bits per heavy atom. The van der Waals surface area contributed by atoms with E-state index in [1.807, 2.05) is 0 Å². The SMILES string of the molecule is CNC(O)CCOC(N)=O. The molecule has 0 aromatic heterocycles. The monoisotopic (exact) mass is 148 g/mol. The number of hydrogen-bond donors (Lipinski definition) is 3. The molecule has 0 heterocycles. The molecule has 1 amide bonds. The Bertz CT molecular complexity index is 107. The highest BCUT2D eigenvalue weighted by Gasteiger charge is 2.00. The first-order valence-electron chi connectivity index (χ1n) is 2.94. The summed E-state index contributed by atoms with van der Waals surface area (Å²) in [5.41, 5.74) is 4.66. The quantitative estimate of drug-likeness (QED) is 0.447. The van der Waals surface area contributed by atoms with E-state index >= 15 is 0 Å². The third-order valence-electron chi connectivity index (χ3n) is 0.969. The summed E-state index contributed by atoms with van der Waals surface area (Å²) >= 11 is 0. The van der Waals surface area contributed by atoms with Crippen molar-refractivity contribution < 1.29 is 14.6 Å². The van der Waals surface area contributed by atoms with Crippen molar-refractivity contribution in [3.63, 3.8) is 0 Å². The van der Waals surface area contributed by atoms with E-state index in [4.69, 9.17) is 5.11 Å². The summed E-state index contributed by atoms with van der Waals surface area (Å²) in [5, 5.41) is 11.4. The molecule has 0 radical (unpaired) electrons. The molecule has 1 atom stereocenters. The average Bonchev–Trinajstić information content (AvgIpc) is 1.87. The van der Waals surface area contributed by atoms with E-state index in [2.05, 4.69) is 15.8 Å². The summed E-state index contributed by atoms with van der Waals surface area (Å²) < 4.78 is 4.35. The van der Waals surface area contributed by atoms with E-state index in [-0.39, 0.29) is 6.61 Å². The van der Waals surface area contributed by atoms with Crippen molar-refractivity contribution in [1.82, 2.24) is 5.32 Å². The Balaban J connectivity index is 3.11. The highest BCUT2D eigenvalue weighted by molar-refractivity contribution is 5.64. The highest BCUT2D eigenvalue weighted by atomic mass is 16.5. The van der Waals surface area contributed by atoms with Gasteiger partial charge < -0.3 is 15.6 Å². The largest absolute Gasteiger partial charge is 0.450 e. The number of ether oxygens (including phenoxy) is 1. The van der Waals surface area contributed by atoms with Crippen LogP contribution in [0, 0.1) is 0 Å². The second-order valence-electron chi connectivity index (χ2n) is 1.76. The van der Waals surface area contributed by atoms with Gasteiger partial charge in [0.05, 0.1) is 6.61 Å². The van der Waals surface area contributed by atoms with E-state index in [1.165, 1.54) is 0 Å². The van der Waals surface area contributed by atoms with Crippen molar-refractivity contribution in [3.05, 3.63) is 0 Å². The number of aliphatic hydroxyl groups excluding tert-OH is 1. The fraction of sp³-hybridized carbons (Fsp3) is 0.800. The van der Waals surface area contributed by atoms with Crippen LogP contribution in [0.15, 0.2) is 0 Å². The molecule has 0 bridgehead atoms. The molecule has 5 heteroatoms. The normalized spacial score (nSPS) is 12.6. The van der Waals surface area contributed by atoms with Gasteiger partial charge in [-0.15, -0.1) is 0 Å². The smallest absolute Gasteiger partial charge is 0.404 e. The van der Waals surface area contributed by atoms with Crippen molar-refractivity contribution in [2.45, 2.75) is 12.6 Å². The van der Waals surface area contributed by atoms with E-state index < -0.39 is 12.3 Å². The van der Waals surface area contributed by atoms with Crippen LogP contribution >= 0.6 is 0 Å². The number of nitrogens with one attached hydrogen (secondary N) is 1. The number of carbonyl (C=O) groups excluding carboxylic acids is 1. The van der Waals surface area contributed by atoms with Crippen LogP contribution in [-0.4, -0.2) is 31.1 Å². The first-order valence-corrected chi connectivity index (χ1v) is 2.94. The van der Waals surface area contributed by atoms with Gasteiger partial charge >= 0.3 is 6.09 Å². The van der Waals surface area contributed by atoms with Crippen molar-refractivity contribution in [1.29, 1.82) is 0 Å². The van der Waals surface area contributed by atoms with Crippen molar-refractivity contribution in [3.8, 4) is 0 Å². The molecule has 5 nitrogen and oxygen atoms in total. The molecule has 0 aliphatic heterocycles. The molecular weight excluding hydrogens is 136 g/mol. The molecule has 60 valence electrons. The van der Waals surface area contributed by atoms with E-state index in [0.717, 1.165) is 0 Å². The van der Waals surface area contributed by atoms with E-state index in [0.29, 0.717) is 6.42 Å². The van der Waals surface area contributed by atoms with Crippen LogP contribution in [0.3, 0.4) is 0 Å². The predicted molar refractivity (Wildman–Crippen MR) is 35.2 cm³/mol.